The van der Waals surface area contributed by atoms with Crippen LogP contribution in [0.4, 0.5) is 17.6 Å². The highest BCUT2D eigenvalue weighted by atomic mass is 35.5. The lowest BCUT2D eigenvalue weighted by molar-refractivity contribution is -0.137. The third-order valence-corrected chi connectivity index (χ3v) is 5.09. The van der Waals surface area contributed by atoms with Crippen LogP contribution in [0.3, 0.4) is 0 Å². The first-order valence-corrected chi connectivity index (χ1v) is 8.48. The summed E-state index contributed by atoms with van der Waals surface area (Å²) in [5.74, 6) is -0.937. The van der Waals surface area contributed by atoms with Crippen molar-refractivity contribution in [2.75, 3.05) is 0 Å². The maximum Gasteiger partial charge on any atom is 0.416 e. The van der Waals surface area contributed by atoms with Gasteiger partial charge < -0.3 is 0 Å². The Labute approximate surface area is 141 Å². The van der Waals surface area contributed by atoms with Crippen molar-refractivity contribution < 1.29 is 26.0 Å². The number of aryl methyl sites for hydroxylation is 1. The SMILES string of the molecule is Cc1ccc(S(=O)(=O)NCc2cc(C(F)(F)F)ccc2F)cc1Cl. The van der Waals surface area contributed by atoms with Gasteiger partial charge in [0.05, 0.1) is 10.5 Å². The number of benzene rings is 2. The standard InChI is InChI=1S/C15H12ClF4NO2S/c1-9-2-4-12(7-13(9)16)24(22,23)21-8-10-6-11(15(18,19)20)3-5-14(10)17/h2-7,21H,8H2,1H3. The second kappa shape index (κ2) is 6.70. The minimum atomic E-state index is -4.65. The molecule has 0 aliphatic rings. The molecule has 0 bridgehead atoms. The molecule has 0 saturated carbocycles. The number of halogens is 5. The van der Waals surface area contributed by atoms with Crippen molar-refractivity contribution in [3.63, 3.8) is 0 Å². The van der Waals surface area contributed by atoms with Gasteiger partial charge in [-0.1, -0.05) is 17.7 Å². The zero-order valence-electron chi connectivity index (χ0n) is 12.3. The predicted octanol–water partition coefficient (Wildman–Crippen LogP) is 4.28. The van der Waals surface area contributed by atoms with E-state index in [0.29, 0.717) is 23.8 Å². The molecule has 0 aliphatic heterocycles. The van der Waals surface area contributed by atoms with Crippen LogP contribution in [0.15, 0.2) is 41.3 Å². The molecule has 0 saturated heterocycles. The lowest BCUT2D eigenvalue weighted by Crippen LogP contribution is -2.24. The molecule has 0 radical (unpaired) electrons. The number of rotatable bonds is 4. The molecule has 1 N–H and O–H groups in total. The van der Waals surface area contributed by atoms with Crippen LogP contribution in [-0.2, 0) is 22.7 Å². The fourth-order valence-electron chi connectivity index (χ4n) is 1.88. The highest BCUT2D eigenvalue weighted by Gasteiger charge is 2.31. The summed E-state index contributed by atoms with van der Waals surface area (Å²) < 4.78 is 77.9. The Balaban J connectivity index is 2.25. The van der Waals surface area contributed by atoms with E-state index in [4.69, 9.17) is 11.6 Å². The smallest absolute Gasteiger partial charge is 0.207 e. The summed E-state index contributed by atoms with van der Waals surface area (Å²) in [6, 6.07) is 5.80. The molecule has 2 aromatic rings. The van der Waals surface area contributed by atoms with Crippen LogP contribution >= 0.6 is 11.6 Å². The van der Waals surface area contributed by atoms with Gasteiger partial charge in [-0.25, -0.2) is 17.5 Å². The third kappa shape index (κ3) is 4.25. The number of nitrogens with one attached hydrogen (secondary N) is 1. The molecule has 0 atom stereocenters. The van der Waals surface area contributed by atoms with Crippen molar-refractivity contribution in [2.24, 2.45) is 0 Å². The van der Waals surface area contributed by atoms with Crippen molar-refractivity contribution in [3.05, 3.63) is 63.9 Å². The van der Waals surface area contributed by atoms with Gasteiger partial charge >= 0.3 is 6.18 Å². The minimum absolute atomic E-state index is 0.162. The van der Waals surface area contributed by atoms with Crippen LogP contribution in [0.5, 0.6) is 0 Å². The van der Waals surface area contributed by atoms with E-state index in [1.807, 2.05) is 0 Å². The quantitative estimate of drug-likeness (QED) is 0.803. The van der Waals surface area contributed by atoms with Crippen molar-refractivity contribution in [1.82, 2.24) is 4.72 Å². The van der Waals surface area contributed by atoms with E-state index in [2.05, 4.69) is 4.72 Å². The number of hydrogen-bond donors (Lipinski definition) is 1. The van der Waals surface area contributed by atoms with Crippen LogP contribution < -0.4 is 4.72 Å². The molecule has 0 amide bonds. The van der Waals surface area contributed by atoms with E-state index in [0.717, 1.165) is 0 Å². The largest absolute Gasteiger partial charge is 0.416 e. The normalized spacial score (nSPS) is 12.4. The minimum Gasteiger partial charge on any atom is -0.207 e. The first-order chi connectivity index (χ1) is 11.0. The molecule has 3 nitrogen and oxygen atoms in total. The van der Waals surface area contributed by atoms with Gasteiger partial charge in [-0.2, -0.15) is 13.2 Å². The van der Waals surface area contributed by atoms with Crippen LogP contribution in [-0.4, -0.2) is 8.42 Å². The molecule has 0 aromatic heterocycles. The Morgan fingerprint density at radius 3 is 2.38 bits per heavy atom. The maximum atomic E-state index is 13.6. The van der Waals surface area contributed by atoms with Crippen molar-refractivity contribution in [1.29, 1.82) is 0 Å². The average Bonchev–Trinajstić information content (AvgIpc) is 2.48. The molecule has 9 heteroatoms. The molecule has 130 valence electrons. The van der Waals surface area contributed by atoms with Crippen LogP contribution in [0, 0.1) is 12.7 Å². The second-order valence-corrected chi connectivity index (χ2v) is 7.21. The first kappa shape index (κ1) is 18.7. The lowest BCUT2D eigenvalue weighted by atomic mass is 10.1. The summed E-state index contributed by atoms with van der Waals surface area (Å²) in [5.41, 5.74) is -0.803. The van der Waals surface area contributed by atoms with E-state index in [9.17, 15) is 26.0 Å². The summed E-state index contributed by atoms with van der Waals surface area (Å²) >= 11 is 5.86. The van der Waals surface area contributed by atoms with E-state index in [-0.39, 0.29) is 9.92 Å². The first-order valence-electron chi connectivity index (χ1n) is 6.62. The summed E-state index contributed by atoms with van der Waals surface area (Å²) in [6.45, 7) is 1.06. The molecule has 0 unspecified atom stereocenters. The number of alkyl halides is 3. The summed E-state index contributed by atoms with van der Waals surface area (Å²) in [4.78, 5) is -0.162. The fraction of sp³-hybridized carbons (Fsp3) is 0.200. The molecule has 0 aliphatic carbocycles. The zero-order chi connectivity index (χ0) is 18.1. The third-order valence-electron chi connectivity index (χ3n) is 3.28. The Kier molecular flexibility index (Phi) is 5.22. The monoisotopic (exact) mass is 381 g/mol. The van der Waals surface area contributed by atoms with Gasteiger partial charge in [0.2, 0.25) is 10.0 Å². The summed E-state index contributed by atoms with van der Waals surface area (Å²) in [6.07, 6.45) is -4.65. The van der Waals surface area contributed by atoms with Crippen LogP contribution in [0.25, 0.3) is 0 Å². The maximum absolute atomic E-state index is 13.6. The van der Waals surface area contributed by atoms with Crippen molar-refractivity contribution >= 4 is 21.6 Å². The molecule has 2 aromatic carbocycles. The van der Waals surface area contributed by atoms with Crippen LogP contribution in [0.1, 0.15) is 16.7 Å². The molecular formula is C15H12ClF4NO2S. The Hall–Kier alpha value is -1.64. The van der Waals surface area contributed by atoms with Gasteiger partial charge in [0, 0.05) is 17.1 Å². The van der Waals surface area contributed by atoms with E-state index >= 15 is 0 Å². The predicted molar refractivity (Wildman–Crippen MR) is 81.6 cm³/mol. The zero-order valence-corrected chi connectivity index (χ0v) is 13.9. The molecule has 0 spiro atoms. The molecule has 0 fully saturated rings. The van der Waals surface area contributed by atoms with Gasteiger partial charge in [0.15, 0.2) is 0 Å². The molecular weight excluding hydrogens is 370 g/mol. The Bertz CT molecular complexity index is 866. The van der Waals surface area contributed by atoms with Crippen LogP contribution in [0.2, 0.25) is 5.02 Å². The molecule has 2 rings (SSSR count). The highest BCUT2D eigenvalue weighted by Crippen LogP contribution is 2.30. The van der Waals surface area contributed by atoms with Gasteiger partial charge in [-0.15, -0.1) is 0 Å². The topological polar surface area (TPSA) is 46.2 Å². The fourth-order valence-corrected chi connectivity index (χ4v) is 3.16. The average molecular weight is 382 g/mol. The van der Waals surface area contributed by atoms with Gasteiger partial charge in [0.25, 0.3) is 0 Å². The second-order valence-electron chi connectivity index (χ2n) is 5.04. The number of sulfonamides is 1. The Morgan fingerprint density at radius 1 is 1.12 bits per heavy atom. The lowest BCUT2D eigenvalue weighted by Gasteiger charge is -2.11. The van der Waals surface area contributed by atoms with Gasteiger partial charge in [-0.3, -0.25) is 0 Å². The highest BCUT2D eigenvalue weighted by molar-refractivity contribution is 7.89. The summed E-state index contributed by atoms with van der Waals surface area (Å²) in [5, 5.41) is 0.225. The summed E-state index contributed by atoms with van der Waals surface area (Å²) in [7, 11) is -4.05. The van der Waals surface area contributed by atoms with E-state index in [1.165, 1.54) is 18.2 Å². The Morgan fingerprint density at radius 2 is 1.79 bits per heavy atom. The van der Waals surface area contributed by atoms with Crippen molar-refractivity contribution in [3.8, 4) is 0 Å². The number of hydrogen-bond acceptors (Lipinski definition) is 2. The van der Waals surface area contributed by atoms with Crippen molar-refractivity contribution in [2.45, 2.75) is 24.5 Å². The molecule has 24 heavy (non-hydrogen) atoms. The molecule has 0 heterocycles. The van der Waals surface area contributed by atoms with E-state index in [1.54, 1.807) is 6.92 Å². The van der Waals surface area contributed by atoms with Gasteiger partial charge in [0.1, 0.15) is 5.82 Å². The van der Waals surface area contributed by atoms with E-state index < -0.39 is 39.7 Å². The van der Waals surface area contributed by atoms with Gasteiger partial charge in [-0.05, 0) is 42.8 Å².